The molecule has 2 heteroatoms. The molecule has 3 N–H and O–H groups in total. The maximum Gasteiger partial charge on any atom is 0.0192 e. The van der Waals surface area contributed by atoms with Gasteiger partial charge in [0, 0.05) is 18.6 Å². The average molecular weight is 226 g/mol. The van der Waals surface area contributed by atoms with Crippen LogP contribution in [0.4, 0.5) is 0 Å². The largest absolute Gasteiger partial charge is 0.329 e. The van der Waals surface area contributed by atoms with E-state index in [2.05, 4.69) is 19.2 Å². The molecule has 1 aliphatic carbocycles. The highest BCUT2D eigenvalue weighted by Gasteiger charge is 2.22. The summed E-state index contributed by atoms with van der Waals surface area (Å²) in [5, 5.41) is 3.75. The minimum absolute atomic E-state index is 0.562. The van der Waals surface area contributed by atoms with Crippen LogP contribution in [0.1, 0.15) is 65.2 Å². The van der Waals surface area contributed by atoms with Gasteiger partial charge in [0.1, 0.15) is 0 Å². The van der Waals surface area contributed by atoms with Crippen molar-refractivity contribution >= 4 is 0 Å². The molecule has 0 aromatic heterocycles. The molecular formula is C14H30N2. The molecule has 0 aromatic carbocycles. The minimum Gasteiger partial charge on any atom is -0.329 e. The molecule has 3 atom stereocenters. The van der Waals surface area contributed by atoms with Gasteiger partial charge in [-0.2, -0.15) is 0 Å². The Hall–Kier alpha value is -0.0800. The molecular weight excluding hydrogens is 196 g/mol. The lowest BCUT2D eigenvalue weighted by Gasteiger charge is -2.21. The molecule has 1 rings (SSSR count). The minimum atomic E-state index is 0.562. The van der Waals surface area contributed by atoms with E-state index < -0.39 is 0 Å². The topological polar surface area (TPSA) is 38.0 Å². The zero-order valence-electron chi connectivity index (χ0n) is 11.2. The maximum atomic E-state index is 5.84. The van der Waals surface area contributed by atoms with Crippen molar-refractivity contribution in [2.75, 3.05) is 6.54 Å². The predicted molar refractivity (Wildman–Crippen MR) is 71.5 cm³/mol. The van der Waals surface area contributed by atoms with Crippen LogP contribution < -0.4 is 11.1 Å². The zero-order valence-corrected chi connectivity index (χ0v) is 11.2. The Balaban J connectivity index is 2.11. The van der Waals surface area contributed by atoms with Crippen molar-refractivity contribution in [2.45, 2.75) is 77.3 Å². The van der Waals surface area contributed by atoms with Gasteiger partial charge in [-0.25, -0.2) is 0 Å². The third kappa shape index (κ3) is 5.31. The number of unbranched alkanes of at least 4 members (excludes halogenated alkanes) is 3. The standard InChI is InChI=1S/C14H30N2/c1-3-4-5-6-7-14(11-15)16-13-9-8-12(2)10-13/h12-14,16H,3-11,15H2,1-2H3. The molecule has 0 aromatic rings. The lowest BCUT2D eigenvalue weighted by molar-refractivity contribution is 0.396. The van der Waals surface area contributed by atoms with Gasteiger partial charge in [0.15, 0.2) is 0 Å². The van der Waals surface area contributed by atoms with Crippen LogP contribution in [-0.4, -0.2) is 18.6 Å². The van der Waals surface area contributed by atoms with Crippen LogP contribution in [0.5, 0.6) is 0 Å². The Bertz CT molecular complexity index is 170. The van der Waals surface area contributed by atoms with Crippen molar-refractivity contribution in [1.29, 1.82) is 0 Å². The smallest absolute Gasteiger partial charge is 0.0192 e. The summed E-state index contributed by atoms with van der Waals surface area (Å²) >= 11 is 0. The number of nitrogens with two attached hydrogens (primary N) is 1. The summed E-state index contributed by atoms with van der Waals surface area (Å²) < 4.78 is 0. The Labute approximate surface area is 101 Å². The van der Waals surface area contributed by atoms with Crippen LogP contribution in [0, 0.1) is 5.92 Å². The number of rotatable bonds is 8. The predicted octanol–water partition coefficient (Wildman–Crippen LogP) is 3.06. The van der Waals surface area contributed by atoms with Gasteiger partial charge in [-0.05, 0) is 31.6 Å². The summed E-state index contributed by atoms with van der Waals surface area (Å²) in [6.07, 6.45) is 10.8. The fraction of sp³-hybridized carbons (Fsp3) is 1.00. The second-order valence-corrected chi connectivity index (χ2v) is 5.56. The molecule has 1 saturated carbocycles. The van der Waals surface area contributed by atoms with Crippen LogP contribution >= 0.6 is 0 Å². The van der Waals surface area contributed by atoms with Crippen molar-refractivity contribution in [3.8, 4) is 0 Å². The van der Waals surface area contributed by atoms with Gasteiger partial charge < -0.3 is 11.1 Å². The van der Waals surface area contributed by atoms with E-state index in [0.29, 0.717) is 6.04 Å². The summed E-state index contributed by atoms with van der Waals surface area (Å²) in [4.78, 5) is 0. The zero-order chi connectivity index (χ0) is 11.8. The Morgan fingerprint density at radius 3 is 2.62 bits per heavy atom. The second kappa shape index (κ2) is 8.08. The molecule has 0 aliphatic heterocycles. The lowest BCUT2D eigenvalue weighted by Crippen LogP contribution is -2.41. The molecule has 0 bridgehead atoms. The summed E-state index contributed by atoms with van der Waals surface area (Å²) in [7, 11) is 0. The molecule has 0 spiro atoms. The summed E-state index contributed by atoms with van der Waals surface area (Å²) in [5.41, 5.74) is 5.84. The van der Waals surface area contributed by atoms with Gasteiger partial charge in [-0.15, -0.1) is 0 Å². The van der Waals surface area contributed by atoms with Gasteiger partial charge in [-0.3, -0.25) is 0 Å². The molecule has 2 nitrogen and oxygen atoms in total. The van der Waals surface area contributed by atoms with Crippen molar-refractivity contribution in [1.82, 2.24) is 5.32 Å². The van der Waals surface area contributed by atoms with Gasteiger partial charge in [-0.1, -0.05) is 39.5 Å². The van der Waals surface area contributed by atoms with Crippen LogP contribution in [0.3, 0.4) is 0 Å². The van der Waals surface area contributed by atoms with E-state index >= 15 is 0 Å². The van der Waals surface area contributed by atoms with Crippen molar-refractivity contribution in [3.63, 3.8) is 0 Å². The number of hydrogen-bond acceptors (Lipinski definition) is 2. The van der Waals surface area contributed by atoms with Gasteiger partial charge in [0.05, 0.1) is 0 Å². The van der Waals surface area contributed by atoms with E-state index in [1.165, 1.54) is 51.4 Å². The summed E-state index contributed by atoms with van der Waals surface area (Å²) in [6, 6.07) is 1.31. The molecule has 0 amide bonds. The molecule has 0 radical (unpaired) electrons. The summed E-state index contributed by atoms with van der Waals surface area (Å²) in [6.45, 7) is 5.43. The average Bonchev–Trinajstić information content (AvgIpc) is 2.68. The first kappa shape index (κ1) is 14.0. The van der Waals surface area contributed by atoms with Gasteiger partial charge >= 0.3 is 0 Å². The van der Waals surface area contributed by atoms with E-state index in [4.69, 9.17) is 5.73 Å². The van der Waals surface area contributed by atoms with E-state index in [1.54, 1.807) is 0 Å². The number of hydrogen-bond donors (Lipinski definition) is 2. The van der Waals surface area contributed by atoms with E-state index in [-0.39, 0.29) is 0 Å². The van der Waals surface area contributed by atoms with E-state index in [1.807, 2.05) is 0 Å². The van der Waals surface area contributed by atoms with E-state index in [9.17, 15) is 0 Å². The highest BCUT2D eigenvalue weighted by atomic mass is 15.0. The quantitative estimate of drug-likeness (QED) is 0.624. The normalized spacial score (nSPS) is 27.2. The molecule has 0 heterocycles. The monoisotopic (exact) mass is 226 g/mol. The van der Waals surface area contributed by atoms with E-state index in [0.717, 1.165) is 18.5 Å². The highest BCUT2D eigenvalue weighted by Crippen LogP contribution is 2.25. The van der Waals surface area contributed by atoms with Crippen molar-refractivity contribution in [2.24, 2.45) is 11.7 Å². The number of nitrogens with one attached hydrogen (secondary N) is 1. The first-order valence-electron chi connectivity index (χ1n) is 7.22. The SMILES string of the molecule is CCCCCCC(CN)NC1CCC(C)C1. The molecule has 3 unspecified atom stereocenters. The van der Waals surface area contributed by atoms with Crippen LogP contribution in [0.2, 0.25) is 0 Å². The van der Waals surface area contributed by atoms with Crippen molar-refractivity contribution in [3.05, 3.63) is 0 Å². The molecule has 16 heavy (non-hydrogen) atoms. The summed E-state index contributed by atoms with van der Waals surface area (Å²) in [5.74, 6) is 0.913. The third-order valence-corrected chi connectivity index (χ3v) is 3.86. The molecule has 0 saturated heterocycles. The van der Waals surface area contributed by atoms with Crippen LogP contribution in [0.25, 0.3) is 0 Å². The molecule has 1 fully saturated rings. The second-order valence-electron chi connectivity index (χ2n) is 5.56. The third-order valence-electron chi connectivity index (χ3n) is 3.86. The first-order valence-corrected chi connectivity index (χ1v) is 7.22. The van der Waals surface area contributed by atoms with Crippen molar-refractivity contribution < 1.29 is 0 Å². The Morgan fingerprint density at radius 1 is 1.25 bits per heavy atom. The maximum absolute atomic E-state index is 5.84. The fourth-order valence-electron chi connectivity index (χ4n) is 2.78. The molecule has 96 valence electrons. The first-order chi connectivity index (χ1) is 7.76. The van der Waals surface area contributed by atoms with Crippen LogP contribution in [0.15, 0.2) is 0 Å². The lowest BCUT2D eigenvalue weighted by atomic mass is 10.1. The van der Waals surface area contributed by atoms with Gasteiger partial charge in [0.25, 0.3) is 0 Å². The van der Waals surface area contributed by atoms with Gasteiger partial charge in [0.2, 0.25) is 0 Å². The van der Waals surface area contributed by atoms with Crippen LogP contribution in [-0.2, 0) is 0 Å². The highest BCUT2D eigenvalue weighted by molar-refractivity contribution is 4.82. The molecule has 1 aliphatic rings. The Kier molecular flexibility index (Phi) is 7.06. The fourth-order valence-corrected chi connectivity index (χ4v) is 2.78. The Morgan fingerprint density at radius 2 is 2.06 bits per heavy atom.